The maximum absolute atomic E-state index is 13.0. The molecule has 0 unspecified atom stereocenters. The Morgan fingerprint density at radius 3 is 2.32 bits per heavy atom. The van der Waals surface area contributed by atoms with Crippen LogP contribution < -0.4 is 5.32 Å². The molecule has 134 valence electrons. The van der Waals surface area contributed by atoms with Crippen molar-refractivity contribution in [3.05, 3.63) is 50.8 Å². The number of hydrogen-bond donors (Lipinski definition) is 1. The molecular formula is C13H9ClF4N4O3. The van der Waals surface area contributed by atoms with E-state index in [9.17, 15) is 32.5 Å². The van der Waals surface area contributed by atoms with E-state index in [0.29, 0.717) is 4.68 Å². The molecule has 0 spiro atoms. The van der Waals surface area contributed by atoms with Gasteiger partial charge in [-0.3, -0.25) is 19.6 Å². The summed E-state index contributed by atoms with van der Waals surface area (Å²) < 4.78 is 51.8. The van der Waals surface area contributed by atoms with Gasteiger partial charge in [0.05, 0.1) is 9.95 Å². The monoisotopic (exact) mass is 380 g/mol. The number of amides is 1. The minimum Gasteiger partial charge on any atom is -0.324 e. The number of carbonyl (C=O) groups excluding carboxylic acids is 1. The van der Waals surface area contributed by atoms with Crippen LogP contribution in [0.5, 0.6) is 0 Å². The van der Waals surface area contributed by atoms with E-state index in [-0.39, 0.29) is 11.4 Å². The lowest BCUT2D eigenvalue weighted by Gasteiger charge is -2.08. The van der Waals surface area contributed by atoms with Gasteiger partial charge in [-0.2, -0.15) is 5.10 Å². The number of nitro benzene ring substituents is 1. The second-order valence-corrected chi connectivity index (χ2v) is 5.07. The molecule has 1 aromatic carbocycles. The first-order valence-electron chi connectivity index (χ1n) is 6.57. The van der Waals surface area contributed by atoms with E-state index in [2.05, 4.69) is 10.4 Å². The van der Waals surface area contributed by atoms with Gasteiger partial charge in [-0.15, -0.1) is 0 Å². The van der Waals surface area contributed by atoms with Gasteiger partial charge in [0.25, 0.3) is 18.5 Å². The number of alkyl halides is 4. The van der Waals surface area contributed by atoms with Crippen LogP contribution in [-0.4, -0.2) is 20.6 Å². The van der Waals surface area contributed by atoms with Crippen LogP contribution in [0.25, 0.3) is 0 Å². The molecule has 1 heterocycles. The number of nitrogens with one attached hydrogen (secondary N) is 1. The van der Waals surface area contributed by atoms with Crippen LogP contribution in [0.2, 0.25) is 5.02 Å². The zero-order valence-electron chi connectivity index (χ0n) is 12.1. The Bertz CT molecular complexity index is 795. The second kappa shape index (κ2) is 7.47. The van der Waals surface area contributed by atoms with Crippen molar-refractivity contribution in [2.45, 2.75) is 19.4 Å². The first-order chi connectivity index (χ1) is 11.7. The zero-order chi connectivity index (χ0) is 18.7. The predicted molar refractivity (Wildman–Crippen MR) is 78.9 cm³/mol. The lowest BCUT2D eigenvalue weighted by Crippen LogP contribution is -2.21. The minimum atomic E-state index is -3.21. The number of benzene rings is 1. The average Bonchev–Trinajstić information content (AvgIpc) is 2.84. The van der Waals surface area contributed by atoms with E-state index in [4.69, 9.17) is 11.6 Å². The van der Waals surface area contributed by atoms with Gasteiger partial charge in [0, 0.05) is 17.8 Å². The fraction of sp³-hybridized carbons (Fsp3) is 0.231. The largest absolute Gasteiger partial charge is 0.324 e. The summed E-state index contributed by atoms with van der Waals surface area (Å²) in [5.74, 6) is -0.851. The Kier molecular flexibility index (Phi) is 5.57. The van der Waals surface area contributed by atoms with E-state index in [1.165, 1.54) is 12.1 Å². The molecule has 2 rings (SSSR count). The Morgan fingerprint density at radius 1 is 1.24 bits per heavy atom. The van der Waals surface area contributed by atoms with Gasteiger partial charge < -0.3 is 5.32 Å². The molecule has 1 amide bonds. The van der Waals surface area contributed by atoms with E-state index < -0.39 is 46.6 Å². The molecule has 0 bridgehead atoms. The smallest absolute Gasteiger partial charge is 0.283 e. The lowest BCUT2D eigenvalue weighted by atomic mass is 10.3. The van der Waals surface area contributed by atoms with Crippen molar-refractivity contribution in [1.29, 1.82) is 0 Å². The standard InChI is InChI=1S/C13H9ClF4N4O3/c14-9-10(12(15)16)20-21(11(9)13(17)18)5-8(23)19-6-1-3-7(4-2-6)22(24)25/h1-4,12-13H,5H2,(H,19,23). The number of anilines is 1. The predicted octanol–water partition coefficient (Wildman–Crippen LogP) is 3.96. The highest BCUT2D eigenvalue weighted by molar-refractivity contribution is 6.32. The van der Waals surface area contributed by atoms with Crippen LogP contribution >= 0.6 is 11.6 Å². The molecular weight excluding hydrogens is 372 g/mol. The van der Waals surface area contributed by atoms with Crippen molar-refractivity contribution in [3.63, 3.8) is 0 Å². The average molecular weight is 381 g/mol. The van der Waals surface area contributed by atoms with E-state index in [1.54, 1.807) is 0 Å². The van der Waals surface area contributed by atoms with Gasteiger partial charge in [-0.1, -0.05) is 11.6 Å². The lowest BCUT2D eigenvalue weighted by molar-refractivity contribution is -0.384. The Hall–Kier alpha value is -2.69. The third kappa shape index (κ3) is 4.24. The number of carbonyl (C=O) groups is 1. The van der Waals surface area contributed by atoms with Gasteiger partial charge >= 0.3 is 0 Å². The molecule has 1 aromatic heterocycles. The molecule has 0 aliphatic heterocycles. The highest BCUT2D eigenvalue weighted by atomic mass is 35.5. The molecule has 1 N–H and O–H groups in total. The molecule has 25 heavy (non-hydrogen) atoms. The normalized spacial score (nSPS) is 11.2. The zero-order valence-corrected chi connectivity index (χ0v) is 12.9. The van der Waals surface area contributed by atoms with Gasteiger partial charge in [0.1, 0.15) is 17.9 Å². The summed E-state index contributed by atoms with van der Waals surface area (Å²) in [4.78, 5) is 21.8. The first kappa shape index (κ1) is 18.6. The quantitative estimate of drug-likeness (QED) is 0.466. The number of nitrogens with zero attached hydrogens (tertiary/aromatic N) is 3. The van der Waals surface area contributed by atoms with Crippen molar-refractivity contribution in [1.82, 2.24) is 9.78 Å². The van der Waals surface area contributed by atoms with Gasteiger partial charge in [0.2, 0.25) is 5.91 Å². The van der Waals surface area contributed by atoms with Crippen LogP contribution in [-0.2, 0) is 11.3 Å². The molecule has 0 saturated carbocycles. The van der Waals surface area contributed by atoms with E-state index in [0.717, 1.165) is 12.1 Å². The number of non-ortho nitro benzene ring substituents is 1. The van der Waals surface area contributed by atoms with Gasteiger partial charge in [0.15, 0.2) is 0 Å². The summed E-state index contributed by atoms with van der Waals surface area (Å²) in [6, 6.07) is 4.70. The van der Waals surface area contributed by atoms with Crippen molar-refractivity contribution >= 4 is 28.9 Å². The third-order valence-corrected chi connectivity index (χ3v) is 3.41. The third-order valence-electron chi connectivity index (χ3n) is 3.02. The summed E-state index contributed by atoms with van der Waals surface area (Å²) in [6.45, 7) is -0.789. The van der Waals surface area contributed by atoms with Gasteiger partial charge in [-0.05, 0) is 12.1 Å². The second-order valence-electron chi connectivity index (χ2n) is 4.70. The van der Waals surface area contributed by atoms with E-state index >= 15 is 0 Å². The van der Waals surface area contributed by atoms with Crippen molar-refractivity contribution in [2.75, 3.05) is 5.32 Å². The van der Waals surface area contributed by atoms with Crippen LogP contribution in [0.3, 0.4) is 0 Å². The Labute approximate surface area is 142 Å². The first-order valence-corrected chi connectivity index (χ1v) is 6.95. The summed E-state index contributed by atoms with van der Waals surface area (Å²) in [7, 11) is 0. The van der Waals surface area contributed by atoms with Gasteiger partial charge in [-0.25, -0.2) is 17.6 Å². The molecule has 7 nitrogen and oxygen atoms in total. The highest BCUT2D eigenvalue weighted by Gasteiger charge is 2.28. The highest BCUT2D eigenvalue weighted by Crippen LogP contribution is 2.34. The van der Waals surface area contributed by atoms with Crippen LogP contribution in [0.1, 0.15) is 24.2 Å². The SMILES string of the molecule is O=C(Cn1nc(C(F)F)c(Cl)c1C(F)F)Nc1ccc([N+](=O)[O-])cc1. The molecule has 0 saturated heterocycles. The topological polar surface area (TPSA) is 90.1 Å². The van der Waals surface area contributed by atoms with E-state index in [1.807, 2.05) is 0 Å². The summed E-state index contributed by atoms with van der Waals surface area (Å²) >= 11 is 5.47. The summed E-state index contributed by atoms with van der Waals surface area (Å²) in [5, 5.41) is 15.2. The molecule has 0 fully saturated rings. The summed E-state index contributed by atoms with van der Waals surface area (Å²) in [6.07, 6.45) is -6.39. The molecule has 0 radical (unpaired) electrons. The van der Waals surface area contributed by atoms with Crippen molar-refractivity contribution in [3.8, 4) is 0 Å². The molecule has 0 aliphatic carbocycles. The summed E-state index contributed by atoms with van der Waals surface area (Å²) in [5.41, 5.74) is -2.09. The van der Waals surface area contributed by atoms with Crippen LogP contribution in [0.4, 0.5) is 28.9 Å². The Balaban J connectivity index is 2.17. The maximum Gasteiger partial charge on any atom is 0.283 e. The number of nitro groups is 1. The van der Waals surface area contributed by atoms with Crippen molar-refractivity contribution < 1.29 is 27.3 Å². The molecule has 0 atom stereocenters. The molecule has 2 aromatic rings. The Morgan fingerprint density at radius 2 is 1.84 bits per heavy atom. The number of hydrogen-bond acceptors (Lipinski definition) is 4. The fourth-order valence-corrected chi connectivity index (χ4v) is 2.24. The number of rotatable bonds is 6. The minimum absolute atomic E-state index is 0.154. The number of halogens is 5. The van der Waals surface area contributed by atoms with Crippen molar-refractivity contribution in [2.24, 2.45) is 0 Å². The molecule has 12 heteroatoms. The van der Waals surface area contributed by atoms with Crippen LogP contribution in [0.15, 0.2) is 24.3 Å². The number of aromatic nitrogens is 2. The fourth-order valence-electron chi connectivity index (χ4n) is 1.94. The maximum atomic E-state index is 13.0. The van der Waals surface area contributed by atoms with Crippen LogP contribution in [0, 0.1) is 10.1 Å². The molecule has 0 aliphatic rings.